The van der Waals surface area contributed by atoms with Crippen molar-refractivity contribution < 1.29 is 9.59 Å². The molecule has 2 aromatic carbocycles. The van der Waals surface area contributed by atoms with Gasteiger partial charge in [0.1, 0.15) is 0 Å². The van der Waals surface area contributed by atoms with E-state index < -0.39 is 0 Å². The van der Waals surface area contributed by atoms with Gasteiger partial charge in [0, 0.05) is 24.1 Å². The van der Waals surface area contributed by atoms with Crippen LogP contribution in [0.1, 0.15) is 36.6 Å². The molecular weight excluding hydrogens is 394 g/mol. The number of fused-ring (bicyclic) bond motifs is 1. The predicted molar refractivity (Wildman–Crippen MR) is 122 cm³/mol. The smallest absolute Gasteiger partial charge is 0.248 e. The Morgan fingerprint density at radius 3 is 2.67 bits per heavy atom. The molecule has 0 aliphatic heterocycles. The number of carbonyl (C=O) groups excluding carboxylic acids is 2. The Labute approximate surface area is 180 Å². The van der Waals surface area contributed by atoms with Crippen molar-refractivity contribution in [1.29, 1.82) is 0 Å². The average Bonchev–Trinajstić information content (AvgIpc) is 3.21. The van der Waals surface area contributed by atoms with Crippen molar-refractivity contribution in [3.05, 3.63) is 76.8 Å². The number of hydrogen-bond donors (Lipinski definition) is 1. The molecule has 1 aromatic heterocycles. The van der Waals surface area contributed by atoms with Gasteiger partial charge in [0.05, 0.1) is 11.4 Å². The highest BCUT2D eigenvalue weighted by molar-refractivity contribution is 7.14. The highest BCUT2D eigenvalue weighted by atomic mass is 32.1. The van der Waals surface area contributed by atoms with Gasteiger partial charge in [-0.3, -0.25) is 14.5 Å². The van der Waals surface area contributed by atoms with E-state index in [0.717, 1.165) is 30.6 Å². The number of nitrogens with one attached hydrogen (secondary N) is 1. The SMILES string of the molecule is CC(=O)N(c1ccccc1)c1nc(C=CC(=O)Nc2cccc3c2CCCC3)cs1. The molecule has 0 bridgehead atoms. The molecule has 1 N–H and O–H groups in total. The maximum Gasteiger partial charge on any atom is 0.248 e. The molecule has 0 unspecified atom stereocenters. The van der Waals surface area contributed by atoms with Gasteiger partial charge in [0.25, 0.3) is 0 Å². The first-order chi connectivity index (χ1) is 14.6. The molecular formula is C24H23N3O2S. The highest BCUT2D eigenvalue weighted by Crippen LogP contribution is 2.30. The molecule has 0 fully saturated rings. The summed E-state index contributed by atoms with van der Waals surface area (Å²) in [6.07, 6.45) is 7.60. The summed E-state index contributed by atoms with van der Waals surface area (Å²) in [5.74, 6) is -0.298. The number of hydrogen-bond acceptors (Lipinski definition) is 4. The van der Waals surface area contributed by atoms with Crippen LogP contribution in [0.3, 0.4) is 0 Å². The van der Waals surface area contributed by atoms with Crippen molar-refractivity contribution in [3.8, 4) is 0 Å². The number of nitrogens with zero attached hydrogens (tertiary/aromatic N) is 2. The van der Waals surface area contributed by atoms with Crippen molar-refractivity contribution in [1.82, 2.24) is 4.98 Å². The molecule has 0 radical (unpaired) electrons. The number of thiazole rings is 1. The van der Waals surface area contributed by atoms with Crippen LogP contribution in [0.4, 0.5) is 16.5 Å². The van der Waals surface area contributed by atoms with E-state index in [0.29, 0.717) is 10.8 Å². The van der Waals surface area contributed by atoms with Gasteiger partial charge in [-0.15, -0.1) is 11.3 Å². The van der Waals surface area contributed by atoms with Crippen molar-refractivity contribution in [2.75, 3.05) is 10.2 Å². The number of aryl methyl sites for hydroxylation is 1. The third kappa shape index (κ3) is 4.49. The normalized spacial score (nSPS) is 13.1. The molecule has 152 valence electrons. The number of para-hydroxylation sites is 1. The Morgan fingerprint density at radius 1 is 1.07 bits per heavy atom. The van der Waals surface area contributed by atoms with Crippen LogP contribution < -0.4 is 10.2 Å². The van der Waals surface area contributed by atoms with Crippen LogP contribution in [-0.2, 0) is 22.4 Å². The Hall–Kier alpha value is -3.25. The minimum absolute atomic E-state index is 0.113. The van der Waals surface area contributed by atoms with E-state index in [1.54, 1.807) is 11.0 Å². The zero-order chi connectivity index (χ0) is 20.9. The summed E-state index contributed by atoms with van der Waals surface area (Å²) in [4.78, 5) is 30.7. The van der Waals surface area contributed by atoms with Gasteiger partial charge in [0.15, 0.2) is 5.13 Å². The van der Waals surface area contributed by atoms with Crippen LogP contribution in [0, 0.1) is 0 Å². The lowest BCUT2D eigenvalue weighted by Gasteiger charge is -2.19. The largest absolute Gasteiger partial charge is 0.322 e. The number of carbonyl (C=O) groups is 2. The zero-order valence-electron chi connectivity index (χ0n) is 16.8. The van der Waals surface area contributed by atoms with E-state index in [1.807, 2.05) is 47.8 Å². The molecule has 0 saturated heterocycles. The fourth-order valence-electron chi connectivity index (χ4n) is 3.69. The van der Waals surface area contributed by atoms with E-state index in [-0.39, 0.29) is 11.8 Å². The molecule has 0 atom stereocenters. The summed E-state index contributed by atoms with van der Waals surface area (Å²) in [6.45, 7) is 1.51. The first-order valence-electron chi connectivity index (χ1n) is 10.0. The number of aromatic nitrogens is 1. The lowest BCUT2D eigenvalue weighted by atomic mass is 9.90. The fraction of sp³-hybridized carbons (Fsp3) is 0.208. The van der Waals surface area contributed by atoms with E-state index >= 15 is 0 Å². The van der Waals surface area contributed by atoms with Gasteiger partial charge in [-0.05, 0) is 61.1 Å². The molecule has 4 rings (SSSR count). The second-order valence-corrected chi connectivity index (χ2v) is 8.05. The molecule has 3 aromatic rings. The molecule has 1 heterocycles. The number of rotatable bonds is 5. The van der Waals surface area contributed by atoms with Crippen LogP contribution in [0.5, 0.6) is 0 Å². The first-order valence-corrected chi connectivity index (χ1v) is 10.9. The Bertz CT molecular complexity index is 1090. The molecule has 1 aliphatic rings. The van der Waals surface area contributed by atoms with E-state index in [4.69, 9.17) is 0 Å². The highest BCUT2D eigenvalue weighted by Gasteiger charge is 2.17. The van der Waals surface area contributed by atoms with Crippen LogP contribution in [-0.4, -0.2) is 16.8 Å². The predicted octanol–water partition coefficient (Wildman–Crippen LogP) is 5.36. The van der Waals surface area contributed by atoms with Crippen molar-refractivity contribution in [3.63, 3.8) is 0 Å². The van der Waals surface area contributed by atoms with Gasteiger partial charge in [-0.25, -0.2) is 4.98 Å². The fourth-order valence-corrected chi connectivity index (χ4v) is 4.55. The van der Waals surface area contributed by atoms with Gasteiger partial charge in [0.2, 0.25) is 11.8 Å². The number of benzene rings is 2. The molecule has 2 amide bonds. The summed E-state index contributed by atoms with van der Waals surface area (Å²) in [7, 11) is 0. The molecule has 1 aliphatic carbocycles. The van der Waals surface area contributed by atoms with Crippen LogP contribution in [0.2, 0.25) is 0 Å². The second-order valence-electron chi connectivity index (χ2n) is 7.22. The third-order valence-corrected chi connectivity index (χ3v) is 5.93. The average molecular weight is 418 g/mol. The minimum Gasteiger partial charge on any atom is -0.322 e. The summed E-state index contributed by atoms with van der Waals surface area (Å²) in [5.41, 5.74) is 4.88. The van der Waals surface area contributed by atoms with Gasteiger partial charge >= 0.3 is 0 Å². The molecule has 30 heavy (non-hydrogen) atoms. The van der Waals surface area contributed by atoms with Crippen LogP contribution in [0.25, 0.3) is 6.08 Å². The van der Waals surface area contributed by atoms with Crippen molar-refractivity contribution >= 4 is 45.7 Å². The standard InChI is InChI=1S/C24H23N3O2S/c1-17(28)27(20-10-3-2-4-11-20)24-25-19(16-30-24)14-15-23(29)26-22-13-7-9-18-8-5-6-12-21(18)22/h2-4,7,9-11,13-16H,5-6,8,12H2,1H3,(H,26,29). The van der Waals surface area contributed by atoms with Crippen LogP contribution in [0.15, 0.2) is 60.0 Å². The second kappa shape index (κ2) is 9.05. The first kappa shape index (κ1) is 20.0. The maximum atomic E-state index is 12.5. The summed E-state index contributed by atoms with van der Waals surface area (Å²) >= 11 is 1.37. The maximum absolute atomic E-state index is 12.5. The van der Waals surface area contributed by atoms with E-state index in [1.165, 1.54) is 41.9 Å². The molecule has 0 saturated carbocycles. The molecule has 5 nitrogen and oxygen atoms in total. The zero-order valence-corrected chi connectivity index (χ0v) is 17.6. The van der Waals surface area contributed by atoms with E-state index in [2.05, 4.69) is 16.4 Å². The van der Waals surface area contributed by atoms with Gasteiger partial charge < -0.3 is 5.32 Å². The van der Waals surface area contributed by atoms with Crippen molar-refractivity contribution in [2.24, 2.45) is 0 Å². The summed E-state index contributed by atoms with van der Waals surface area (Å²) in [6, 6.07) is 15.5. The lowest BCUT2D eigenvalue weighted by molar-refractivity contribution is -0.116. The van der Waals surface area contributed by atoms with Gasteiger partial charge in [-0.1, -0.05) is 30.3 Å². The van der Waals surface area contributed by atoms with E-state index in [9.17, 15) is 9.59 Å². The molecule has 0 spiro atoms. The van der Waals surface area contributed by atoms with Crippen molar-refractivity contribution in [2.45, 2.75) is 32.6 Å². The lowest BCUT2D eigenvalue weighted by Crippen LogP contribution is -2.22. The Kier molecular flexibility index (Phi) is 6.05. The third-order valence-electron chi connectivity index (χ3n) is 5.09. The topological polar surface area (TPSA) is 62.3 Å². The monoisotopic (exact) mass is 417 g/mol. The minimum atomic E-state index is -0.185. The Balaban J connectivity index is 1.47. The number of anilines is 3. The summed E-state index contributed by atoms with van der Waals surface area (Å²) in [5, 5.41) is 5.41. The Morgan fingerprint density at radius 2 is 1.87 bits per heavy atom. The van der Waals surface area contributed by atoms with Crippen LogP contribution >= 0.6 is 11.3 Å². The number of amides is 2. The van der Waals surface area contributed by atoms with Gasteiger partial charge in [-0.2, -0.15) is 0 Å². The summed E-state index contributed by atoms with van der Waals surface area (Å²) < 4.78 is 0. The quantitative estimate of drug-likeness (QED) is 0.569. The molecule has 6 heteroatoms.